The van der Waals surface area contributed by atoms with Gasteiger partial charge in [-0.2, -0.15) is 0 Å². The number of imidazole rings is 1. The van der Waals surface area contributed by atoms with Crippen molar-refractivity contribution in [3.63, 3.8) is 0 Å². The van der Waals surface area contributed by atoms with Crippen LogP contribution in [0.3, 0.4) is 0 Å². The van der Waals surface area contributed by atoms with Gasteiger partial charge < -0.3 is 9.30 Å². The van der Waals surface area contributed by atoms with Crippen LogP contribution in [0.5, 0.6) is 5.75 Å². The molecule has 1 aromatic heterocycles. The van der Waals surface area contributed by atoms with Gasteiger partial charge in [0.1, 0.15) is 11.6 Å². The van der Waals surface area contributed by atoms with E-state index in [9.17, 15) is 0 Å². The third kappa shape index (κ3) is 5.91. The molecule has 0 bridgehead atoms. The van der Waals surface area contributed by atoms with E-state index in [4.69, 9.17) is 9.72 Å². The molecule has 0 spiro atoms. The van der Waals surface area contributed by atoms with Gasteiger partial charge in [0.05, 0.1) is 19.0 Å². The first-order valence-corrected chi connectivity index (χ1v) is 11.8. The van der Waals surface area contributed by atoms with Gasteiger partial charge in [0, 0.05) is 37.3 Å². The predicted octanol–water partition coefficient (Wildman–Crippen LogP) is 6.56. The Bertz CT molecular complexity index is 1120. The van der Waals surface area contributed by atoms with E-state index in [0.717, 1.165) is 50.6 Å². The van der Waals surface area contributed by atoms with Crippen molar-refractivity contribution in [2.45, 2.75) is 45.9 Å². The number of para-hydroxylation sites is 1. The van der Waals surface area contributed by atoms with E-state index in [1.807, 2.05) is 12.1 Å². The van der Waals surface area contributed by atoms with Crippen LogP contribution in [0.4, 0.5) is 0 Å². The number of rotatable bonds is 11. The van der Waals surface area contributed by atoms with E-state index in [1.165, 1.54) is 22.4 Å². The van der Waals surface area contributed by atoms with Crippen LogP contribution < -0.4 is 4.74 Å². The number of hydrogen-bond donors (Lipinski definition) is 0. The third-order valence-corrected chi connectivity index (χ3v) is 5.93. The van der Waals surface area contributed by atoms with Crippen molar-refractivity contribution in [3.8, 4) is 17.1 Å². The minimum absolute atomic E-state index is 0.804. The zero-order chi connectivity index (χ0) is 22.9. The Morgan fingerprint density at radius 1 is 0.818 bits per heavy atom. The molecule has 0 unspecified atom stereocenters. The van der Waals surface area contributed by atoms with Crippen molar-refractivity contribution in [2.75, 3.05) is 7.11 Å². The molecule has 0 amide bonds. The van der Waals surface area contributed by atoms with Crippen LogP contribution in [0.15, 0.2) is 91.1 Å². The fraction of sp³-hybridized carbons (Fsp3) is 0.276. The molecule has 0 atom stereocenters. The quantitative estimate of drug-likeness (QED) is 0.265. The summed E-state index contributed by atoms with van der Waals surface area (Å²) < 4.78 is 8.04. The van der Waals surface area contributed by atoms with Crippen molar-refractivity contribution in [3.05, 3.63) is 108 Å². The van der Waals surface area contributed by atoms with Crippen LogP contribution in [0, 0.1) is 0 Å². The maximum Gasteiger partial charge on any atom is 0.140 e. The molecule has 0 radical (unpaired) electrons. The standard InChI is InChI=1S/C29H33N3O/c1-3-4-19-32-27(20-30-29(32)25-15-9-6-10-16-25)23-31(21-24-13-7-5-8-14-24)22-26-17-11-12-18-28(26)33-2/h5-18,20H,3-4,19,21-23H2,1-2H3. The summed E-state index contributed by atoms with van der Waals surface area (Å²) in [6.45, 7) is 5.69. The predicted molar refractivity (Wildman–Crippen MR) is 135 cm³/mol. The molecule has 0 N–H and O–H groups in total. The molecular weight excluding hydrogens is 406 g/mol. The number of aromatic nitrogens is 2. The summed E-state index contributed by atoms with van der Waals surface area (Å²) in [5.74, 6) is 1.98. The van der Waals surface area contributed by atoms with Gasteiger partial charge in [0.15, 0.2) is 0 Å². The average molecular weight is 440 g/mol. The van der Waals surface area contributed by atoms with Crippen molar-refractivity contribution >= 4 is 0 Å². The van der Waals surface area contributed by atoms with Crippen LogP contribution in [0.1, 0.15) is 36.6 Å². The lowest BCUT2D eigenvalue weighted by atomic mass is 10.1. The van der Waals surface area contributed by atoms with E-state index in [-0.39, 0.29) is 0 Å². The zero-order valence-corrected chi connectivity index (χ0v) is 19.7. The Morgan fingerprint density at radius 3 is 2.24 bits per heavy atom. The lowest BCUT2D eigenvalue weighted by Gasteiger charge is -2.24. The van der Waals surface area contributed by atoms with E-state index in [2.05, 4.69) is 95.4 Å². The lowest BCUT2D eigenvalue weighted by Crippen LogP contribution is -2.24. The van der Waals surface area contributed by atoms with E-state index < -0.39 is 0 Å². The molecule has 0 saturated carbocycles. The topological polar surface area (TPSA) is 30.3 Å². The lowest BCUT2D eigenvalue weighted by molar-refractivity contribution is 0.237. The maximum atomic E-state index is 5.64. The third-order valence-electron chi connectivity index (χ3n) is 5.93. The molecule has 4 rings (SSSR count). The van der Waals surface area contributed by atoms with E-state index in [1.54, 1.807) is 7.11 Å². The van der Waals surface area contributed by atoms with Gasteiger partial charge >= 0.3 is 0 Å². The fourth-order valence-corrected chi connectivity index (χ4v) is 4.23. The van der Waals surface area contributed by atoms with Crippen LogP contribution in [0.2, 0.25) is 0 Å². The summed E-state index contributed by atoms with van der Waals surface area (Å²) in [5, 5.41) is 0. The maximum absolute atomic E-state index is 5.64. The Labute approximate surface area is 197 Å². The SMILES string of the molecule is CCCCn1c(CN(Cc2ccccc2)Cc2ccccc2OC)cnc1-c1ccccc1. The summed E-state index contributed by atoms with van der Waals surface area (Å²) in [6.07, 6.45) is 4.34. The summed E-state index contributed by atoms with van der Waals surface area (Å²) in [7, 11) is 1.74. The molecule has 4 nitrogen and oxygen atoms in total. The van der Waals surface area contributed by atoms with E-state index >= 15 is 0 Å². The van der Waals surface area contributed by atoms with Crippen molar-refractivity contribution in [2.24, 2.45) is 0 Å². The average Bonchev–Trinajstić information content (AvgIpc) is 3.26. The van der Waals surface area contributed by atoms with Gasteiger partial charge in [-0.3, -0.25) is 4.90 Å². The van der Waals surface area contributed by atoms with Gasteiger partial charge in [-0.15, -0.1) is 0 Å². The molecule has 0 aliphatic carbocycles. The molecule has 170 valence electrons. The number of ether oxygens (including phenoxy) is 1. The summed E-state index contributed by atoms with van der Waals surface area (Å²) in [6, 6.07) is 29.5. The molecule has 4 heteroatoms. The molecule has 0 aliphatic heterocycles. The van der Waals surface area contributed by atoms with E-state index in [0.29, 0.717) is 0 Å². The van der Waals surface area contributed by atoms with Crippen LogP contribution in [-0.4, -0.2) is 21.6 Å². The van der Waals surface area contributed by atoms with Gasteiger partial charge in [0.25, 0.3) is 0 Å². The first-order valence-electron chi connectivity index (χ1n) is 11.8. The van der Waals surface area contributed by atoms with Crippen molar-refractivity contribution < 1.29 is 4.74 Å². The molecule has 4 aromatic rings. The molecule has 33 heavy (non-hydrogen) atoms. The highest BCUT2D eigenvalue weighted by Gasteiger charge is 2.17. The zero-order valence-electron chi connectivity index (χ0n) is 19.7. The second-order valence-electron chi connectivity index (χ2n) is 8.39. The number of hydrogen-bond acceptors (Lipinski definition) is 3. The highest BCUT2D eigenvalue weighted by Crippen LogP contribution is 2.25. The summed E-state index contributed by atoms with van der Waals surface area (Å²) >= 11 is 0. The molecule has 0 aliphatic rings. The smallest absolute Gasteiger partial charge is 0.140 e. The molecule has 1 heterocycles. The number of unbranched alkanes of at least 4 members (excludes halogenated alkanes) is 1. The number of methoxy groups -OCH3 is 1. The minimum Gasteiger partial charge on any atom is -0.496 e. The molecule has 0 saturated heterocycles. The van der Waals surface area contributed by atoms with Crippen molar-refractivity contribution in [1.29, 1.82) is 0 Å². The summed E-state index contributed by atoms with van der Waals surface area (Å²) in [4.78, 5) is 7.33. The van der Waals surface area contributed by atoms with Crippen LogP contribution in [-0.2, 0) is 26.2 Å². The Balaban J connectivity index is 1.65. The summed E-state index contributed by atoms with van der Waals surface area (Å²) in [5.41, 5.74) is 4.90. The van der Waals surface area contributed by atoms with Crippen LogP contribution >= 0.6 is 0 Å². The molecule has 3 aromatic carbocycles. The van der Waals surface area contributed by atoms with Gasteiger partial charge in [-0.05, 0) is 18.1 Å². The van der Waals surface area contributed by atoms with Crippen molar-refractivity contribution in [1.82, 2.24) is 14.5 Å². The highest BCUT2D eigenvalue weighted by molar-refractivity contribution is 5.55. The first kappa shape index (κ1) is 22.8. The second kappa shape index (κ2) is 11.5. The first-order chi connectivity index (χ1) is 16.3. The molecular formula is C29H33N3O. The monoisotopic (exact) mass is 439 g/mol. The minimum atomic E-state index is 0.804. The normalized spacial score (nSPS) is 11.1. The molecule has 0 fully saturated rings. The van der Waals surface area contributed by atoms with Crippen LogP contribution in [0.25, 0.3) is 11.4 Å². The largest absolute Gasteiger partial charge is 0.496 e. The second-order valence-corrected chi connectivity index (χ2v) is 8.39. The highest BCUT2D eigenvalue weighted by atomic mass is 16.5. The van der Waals surface area contributed by atoms with Gasteiger partial charge in [0.2, 0.25) is 0 Å². The van der Waals surface area contributed by atoms with Gasteiger partial charge in [-0.1, -0.05) is 92.2 Å². The Morgan fingerprint density at radius 2 is 1.52 bits per heavy atom. The van der Waals surface area contributed by atoms with Gasteiger partial charge in [-0.25, -0.2) is 4.98 Å². The Hall–Kier alpha value is -3.37. The number of nitrogens with zero attached hydrogens (tertiary/aromatic N) is 3. The Kier molecular flexibility index (Phi) is 7.94. The number of benzene rings is 3. The fourth-order valence-electron chi connectivity index (χ4n) is 4.23.